The van der Waals surface area contributed by atoms with Gasteiger partial charge in [0.1, 0.15) is 0 Å². The van der Waals surface area contributed by atoms with Gasteiger partial charge >= 0.3 is 0 Å². The molecule has 0 aliphatic rings. The summed E-state index contributed by atoms with van der Waals surface area (Å²) in [5.74, 6) is 6.69. The van der Waals surface area contributed by atoms with E-state index in [4.69, 9.17) is 0 Å². The summed E-state index contributed by atoms with van der Waals surface area (Å²) in [6.07, 6.45) is 12.7. The molecule has 0 aromatic carbocycles. The quantitative estimate of drug-likeness (QED) is 0.344. The zero-order valence-corrected chi connectivity index (χ0v) is 13.6. The molecule has 0 aromatic rings. The van der Waals surface area contributed by atoms with Gasteiger partial charge in [-0.3, -0.25) is 0 Å². The molecular weight excluding hydrogens is 230 g/mol. The number of hydrogen-bond donors (Lipinski definition) is 0. The highest BCUT2D eigenvalue weighted by Crippen LogP contribution is 2.02. The first-order valence-corrected chi connectivity index (χ1v) is 8.53. The van der Waals surface area contributed by atoms with E-state index >= 15 is 0 Å². The Morgan fingerprint density at radius 3 is 1.74 bits per heavy atom. The van der Waals surface area contributed by atoms with Crippen molar-refractivity contribution in [1.29, 1.82) is 0 Å². The first kappa shape index (κ1) is 18.5. The molecule has 0 saturated heterocycles. The predicted octanol–water partition coefficient (Wildman–Crippen LogP) is 5.25. The van der Waals surface area contributed by atoms with E-state index in [1.54, 1.807) is 0 Å². The van der Waals surface area contributed by atoms with Crippen LogP contribution >= 0.6 is 0 Å². The van der Waals surface area contributed by atoms with Crippen LogP contribution in [0.4, 0.5) is 0 Å². The molecule has 112 valence electrons. The van der Waals surface area contributed by atoms with Crippen molar-refractivity contribution >= 4 is 0 Å². The molecule has 1 nitrogen and oxygen atoms in total. The van der Waals surface area contributed by atoms with Gasteiger partial charge in [-0.05, 0) is 32.4 Å². The molecule has 0 rings (SSSR count). The van der Waals surface area contributed by atoms with Crippen molar-refractivity contribution in [3.63, 3.8) is 0 Å². The second kappa shape index (κ2) is 15.6. The molecule has 0 spiro atoms. The third-order valence-corrected chi connectivity index (χ3v) is 3.49. The molecule has 0 amide bonds. The van der Waals surface area contributed by atoms with Crippen molar-refractivity contribution in [2.45, 2.75) is 85.0 Å². The van der Waals surface area contributed by atoms with Crippen molar-refractivity contribution in [3.05, 3.63) is 0 Å². The molecule has 19 heavy (non-hydrogen) atoms. The summed E-state index contributed by atoms with van der Waals surface area (Å²) in [5.41, 5.74) is 0. The minimum Gasteiger partial charge on any atom is -0.302 e. The second-order valence-corrected chi connectivity index (χ2v) is 5.46. The van der Waals surface area contributed by atoms with Crippen LogP contribution in [0.2, 0.25) is 0 Å². The molecule has 0 N–H and O–H groups in total. The van der Waals surface area contributed by atoms with E-state index in [9.17, 15) is 0 Å². The van der Waals surface area contributed by atoms with E-state index in [1.165, 1.54) is 71.0 Å². The van der Waals surface area contributed by atoms with E-state index in [0.717, 1.165) is 12.8 Å². The minimum absolute atomic E-state index is 1.06. The first-order chi connectivity index (χ1) is 9.35. The van der Waals surface area contributed by atoms with Gasteiger partial charge in [0.05, 0.1) is 0 Å². The lowest BCUT2D eigenvalue weighted by atomic mass is 10.1. The lowest BCUT2D eigenvalue weighted by molar-refractivity contribution is 0.271. The highest BCUT2D eigenvalue weighted by molar-refractivity contribution is 4.99. The standard InChI is InChI=1S/C18H35N/c1-4-7-10-11-12-13-14-15-18-19(16-8-5-2)17-9-6-3/h4-12,15-18H2,1-3H3. The summed E-state index contributed by atoms with van der Waals surface area (Å²) in [5, 5.41) is 0. The maximum Gasteiger partial charge on any atom is 0.0217 e. The zero-order valence-electron chi connectivity index (χ0n) is 13.6. The van der Waals surface area contributed by atoms with Gasteiger partial charge in [0.15, 0.2) is 0 Å². The van der Waals surface area contributed by atoms with Gasteiger partial charge in [0, 0.05) is 19.4 Å². The highest BCUT2D eigenvalue weighted by Gasteiger charge is 2.01. The van der Waals surface area contributed by atoms with E-state index < -0.39 is 0 Å². The van der Waals surface area contributed by atoms with Gasteiger partial charge in [-0.25, -0.2) is 0 Å². The first-order valence-electron chi connectivity index (χ1n) is 8.53. The normalized spacial score (nSPS) is 10.5. The number of nitrogens with zero attached hydrogens (tertiary/aromatic N) is 1. The van der Waals surface area contributed by atoms with Crippen molar-refractivity contribution in [3.8, 4) is 11.8 Å². The van der Waals surface area contributed by atoms with Crippen LogP contribution in [0.3, 0.4) is 0 Å². The molecule has 0 atom stereocenters. The molecular formula is C18H35N. The van der Waals surface area contributed by atoms with Crippen LogP contribution in [-0.2, 0) is 0 Å². The SMILES string of the molecule is CCCCCCC#CCCN(CCCC)CCCC. The average molecular weight is 265 g/mol. The van der Waals surface area contributed by atoms with Gasteiger partial charge in [0.2, 0.25) is 0 Å². The van der Waals surface area contributed by atoms with Crippen LogP contribution in [-0.4, -0.2) is 24.5 Å². The largest absolute Gasteiger partial charge is 0.302 e. The van der Waals surface area contributed by atoms with Crippen LogP contribution < -0.4 is 0 Å². The molecule has 0 unspecified atom stereocenters. The summed E-state index contributed by atoms with van der Waals surface area (Å²) in [6, 6.07) is 0. The third-order valence-electron chi connectivity index (χ3n) is 3.49. The molecule has 0 radical (unpaired) electrons. The molecule has 0 heterocycles. The van der Waals surface area contributed by atoms with E-state index in [0.29, 0.717) is 0 Å². The van der Waals surface area contributed by atoms with E-state index in [1.807, 2.05) is 0 Å². The Hall–Kier alpha value is -0.480. The fraction of sp³-hybridized carbons (Fsp3) is 0.889. The number of rotatable bonds is 12. The maximum atomic E-state index is 3.35. The van der Waals surface area contributed by atoms with Gasteiger partial charge in [-0.15, -0.1) is 11.8 Å². The van der Waals surface area contributed by atoms with Crippen LogP contribution in [0.25, 0.3) is 0 Å². The average Bonchev–Trinajstić information content (AvgIpc) is 2.43. The smallest absolute Gasteiger partial charge is 0.0217 e. The Kier molecular flexibility index (Phi) is 15.2. The topological polar surface area (TPSA) is 3.24 Å². The van der Waals surface area contributed by atoms with Crippen molar-refractivity contribution in [1.82, 2.24) is 4.90 Å². The Labute approximate surface area is 122 Å². The Bertz CT molecular complexity index is 216. The fourth-order valence-corrected chi connectivity index (χ4v) is 2.13. The monoisotopic (exact) mass is 265 g/mol. The molecule has 0 fully saturated rings. The second-order valence-electron chi connectivity index (χ2n) is 5.46. The number of hydrogen-bond acceptors (Lipinski definition) is 1. The van der Waals surface area contributed by atoms with Gasteiger partial charge < -0.3 is 4.90 Å². The van der Waals surface area contributed by atoms with Crippen molar-refractivity contribution in [2.75, 3.05) is 19.6 Å². The van der Waals surface area contributed by atoms with Gasteiger partial charge in [0.25, 0.3) is 0 Å². The fourth-order valence-electron chi connectivity index (χ4n) is 2.13. The van der Waals surface area contributed by atoms with Gasteiger partial charge in [-0.2, -0.15) is 0 Å². The van der Waals surface area contributed by atoms with Crippen LogP contribution in [0.15, 0.2) is 0 Å². The summed E-state index contributed by atoms with van der Waals surface area (Å²) >= 11 is 0. The lowest BCUT2D eigenvalue weighted by Gasteiger charge is -2.20. The molecule has 0 saturated carbocycles. The summed E-state index contributed by atoms with van der Waals surface area (Å²) in [7, 11) is 0. The molecule has 0 aliphatic carbocycles. The Morgan fingerprint density at radius 2 is 1.16 bits per heavy atom. The molecule has 0 aliphatic heterocycles. The highest BCUT2D eigenvalue weighted by atomic mass is 15.1. The Balaban J connectivity index is 3.62. The van der Waals surface area contributed by atoms with E-state index in [-0.39, 0.29) is 0 Å². The maximum absolute atomic E-state index is 3.35. The summed E-state index contributed by atoms with van der Waals surface area (Å²) in [4.78, 5) is 2.60. The van der Waals surface area contributed by atoms with Crippen LogP contribution in [0, 0.1) is 11.8 Å². The number of unbranched alkanes of at least 4 members (excludes halogenated alkanes) is 6. The summed E-state index contributed by atoms with van der Waals surface area (Å²) < 4.78 is 0. The van der Waals surface area contributed by atoms with E-state index in [2.05, 4.69) is 37.5 Å². The van der Waals surface area contributed by atoms with Crippen LogP contribution in [0.5, 0.6) is 0 Å². The molecule has 1 heteroatoms. The van der Waals surface area contributed by atoms with Gasteiger partial charge in [-0.1, -0.05) is 52.9 Å². The molecule has 0 aromatic heterocycles. The zero-order chi connectivity index (χ0) is 14.2. The van der Waals surface area contributed by atoms with Crippen LogP contribution in [0.1, 0.15) is 85.0 Å². The van der Waals surface area contributed by atoms with Crippen molar-refractivity contribution in [2.24, 2.45) is 0 Å². The summed E-state index contributed by atoms with van der Waals surface area (Å²) in [6.45, 7) is 10.5. The van der Waals surface area contributed by atoms with Crippen molar-refractivity contribution < 1.29 is 0 Å². The third kappa shape index (κ3) is 13.7. The minimum atomic E-state index is 1.06. The lowest BCUT2D eigenvalue weighted by Crippen LogP contribution is -2.26. The Morgan fingerprint density at radius 1 is 0.579 bits per heavy atom. The molecule has 0 bridgehead atoms. The predicted molar refractivity (Wildman–Crippen MR) is 87.4 cm³/mol.